The zero-order valence-electron chi connectivity index (χ0n) is 18.5. The molecular formula is C22H28N8OS. The Bertz CT molecular complexity index is 986. The van der Waals surface area contributed by atoms with Gasteiger partial charge in [-0.25, -0.2) is 10.5 Å². The summed E-state index contributed by atoms with van der Waals surface area (Å²) < 4.78 is 0. The largest absolute Gasteiger partial charge is 0.353 e. The molecule has 2 heterocycles. The molecule has 9 nitrogen and oxygen atoms in total. The third-order valence-electron chi connectivity index (χ3n) is 4.90. The number of amides is 1. The number of nitrogens with zero attached hydrogens (tertiary/aromatic N) is 4. The average Bonchev–Trinajstić information content (AvgIpc) is 2.77. The lowest BCUT2D eigenvalue weighted by molar-refractivity contribution is -0.115. The van der Waals surface area contributed by atoms with Crippen LogP contribution < -0.4 is 21.6 Å². The maximum Gasteiger partial charge on any atom is 0.224 e. The fourth-order valence-electron chi connectivity index (χ4n) is 3.04. The van der Waals surface area contributed by atoms with Gasteiger partial charge in [0.15, 0.2) is 5.50 Å². The van der Waals surface area contributed by atoms with Crippen molar-refractivity contribution in [1.82, 2.24) is 21.2 Å². The molecule has 0 bridgehead atoms. The van der Waals surface area contributed by atoms with Gasteiger partial charge in [-0.2, -0.15) is 10.4 Å². The van der Waals surface area contributed by atoms with Crippen molar-refractivity contribution < 1.29 is 4.79 Å². The molecule has 168 valence electrons. The third kappa shape index (κ3) is 6.04. The molecule has 3 rings (SSSR count). The number of rotatable bonds is 8. The first-order chi connectivity index (χ1) is 15.3. The van der Waals surface area contributed by atoms with E-state index in [0.29, 0.717) is 25.3 Å². The zero-order valence-corrected chi connectivity index (χ0v) is 19.3. The Morgan fingerprint density at radius 3 is 2.81 bits per heavy atom. The predicted octanol–water partition coefficient (Wildman–Crippen LogP) is 2.76. The Hall–Kier alpha value is -3.45. The lowest BCUT2D eigenvalue weighted by Gasteiger charge is -2.45. The van der Waals surface area contributed by atoms with Gasteiger partial charge in [-0.05, 0) is 44.2 Å². The summed E-state index contributed by atoms with van der Waals surface area (Å²) >= 11 is 1.54. The van der Waals surface area contributed by atoms with E-state index in [1.54, 1.807) is 17.8 Å². The highest BCUT2D eigenvalue weighted by Gasteiger charge is 2.41. The number of hydrogen-bond donors (Lipinski definition) is 4. The van der Waals surface area contributed by atoms with Crippen LogP contribution in [0.2, 0.25) is 0 Å². The Kier molecular flexibility index (Phi) is 7.43. The van der Waals surface area contributed by atoms with Crippen LogP contribution in [-0.2, 0) is 4.79 Å². The van der Waals surface area contributed by atoms with Gasteiger partial charge in [-0.1, -0.05) is 25.3 Å². The van der Waals surface area contributed by atoms with Crippen molar-refractivity contribution in [2.75, 3.05) is 18.4 Å². The molecule has 1 atom stereocenters. The van der Waals surface area contributed by atoms with E-state index < -0.39 is 0 Å². The van der Waals surface area contributed by atoms with Crippen molar-refractivity contribution in [3.8, 4) is 6.07 Å². The first kappa shape index (κ1) is 23.2. The normalized spacial score (nSPS) is 19.4. The summed E-state index contributed by atoms with van der Waals surface area (Å²) in [7, 11) is 0. The number of hydrazone groups is 1. The second kappa shape index (κ2) is 10.2. The van der Waals surface area contributed by atoms with Crippen LogP contribution in [-0.4, -0.2) is 40.9 Å². The molecule has 0 radical (unpaired) electrons. The number of nitriles is 1. The summed E-state index contributed by atoms with van der Waals surface area (Å²) in [5, 5.41) is 19.6. The molecule has 0 saturated carbocycles. The van der Waals surface area contributed by atoms with Crippen molar-refractivity contribution >= 4 is 34.9 Å². The summed E-state index contributed by atoms with van der Waals surface area (Å²) in [4.78, 5) is 19.5. The smallest absolute Gasteiger partial charge is 0.224 e. The minimum absolute atomic E-state index is 0.0183. The molecule has 4 N–H and O–H groups in total. The van der Waals surface area contributed by atoms with Crippen LogP contribution in [0.4, 0.5) is 5.69 Å². The quantitative estimate of drug-likeness (QED) is 0.354. The average molecular weight is 453 g/mol. The molecule has 1 amide bonds. The number of carbonyl (C=O) groups excluding carboxylic acids is 1. The molecule has 32 heavy (non-hydrogen) atoms. The predicted molar refractivity (Wildman–Crippen MR) is 129 cm³/mol. The molecule has 2 aliphatic heterocycles. The molecule has 1 saturated heterocycles. The van der Waals surface area contributed by atoms with Crippen LogP contribution >= 0.6 is 11.8 Å². The Labute approximate surface area is 192 Å². The second-order valence-electron chi connectivity index (χ2n) is 7.81. The number of hydrogen-bond acceptors (Lipinski definition) is 9. The fourth-order valence-corrected chi connectivity index (χ4v) is 3.94. The first-order valence-corrected chi connectivity index (χ1v) is 11.2. The minimum Gasteiger partial charge on any atom is -0.353 e. The van der Waals surface area contributed by atoms with E-state index >= 15 is 0 Å². The summed E-state index contributed by atoms with van der Waals surface area (Å²) in [5.41, 5.74) is 6.72. The highest BCUT2D eigenvalue weighted by atomic mass is 32.2. The summed E-state index contributed by atoms with van der Waals surface area (Å²) in [5.74, 6) is 1.50. The number of benzene rings is 1. The highest BCUT2D eigenvalue weighted by molar-refractivity contribution is 7.99. The maximum atomic E-state index is 11.6. The number of likely N-dealkylation sites (tertiary alicyclic amines) is 1. The van der Waals surface area contributed by atoms with Gasteiger partial charge < -0.3 is 15.5 Å². The number of amidine groups is 1. The topological polar surface area (TPSA) is 117 Å². The van der Waals surface area contributed by atoms with Crippen molar-refractivity contribution in [2.45, 2.75) is 37.6 Å². The summed E-state index contributed by atoms with van der Waals surface area (Å²) in [6.07, 6.45) is 3.98. The number of thioether (sulfide) groups is 1. The van der Waals surface area contributed by atoms with Gasteiger partial charge in [-0.3, -0.25) is 10.2 Å². The van der Waals surface area contributed by atoms with Crippen LogP contribution in [0, 0.1) is 16.7 Å². The minimum atomic E-state index is -0.347. The van der Waals surface area contributed by atoms with Crippen LogP contribution in [0.5, 0.6) is 0 Å². The van der Waals surface area contributed by atoms with Crippen LogP contribution in [0.1, 0.15) is 27.2 Å². The number of anilines is 1. The van der Waals surface area contributed by atoms with Gasteiger partial charge in [0.05, 0.1) is 17.2 Å². The van der Waals surface area contributed by atoms with Gasteiger partial charge >= 0.3 is 0 Å². The lowest BCUT2D eigenvalue weighted by Crippen LogP contribution is -2.57. The van der Waals surface area contributed by atoms with E-state index in [4.69, 9.17) is 4.99 Å². The van der Waals surface area contributed by atoms with E-state index in [0.717, 1.165) is 22.1 Å². The third-order valence-corrected chi connectivity index (χ3v) is 5.89. The van der Waals surface area contributed by atoms with Gasteiger partial charge in [-0.15, -0.1) is 0 Å². The molecule has 0 spiro atoms. The van der Waals surface area contributed by atoms with Crippen molar-refractivity contribution in [3.63, 3.8) is 0 Å². The highest BCUT2D eigenvalue weighted by Crippen LogP contribution is 2.32. The molecular weight excluding hydrogens is 424 g/mol. The SMILES string of the molecule is C=C/C(C)=N\NNC1=CC(N2CC(C)(C#N)C2)=NC(Sc2ccc(NC(=O)CC)cc2)N1. The Morgan fingerprint density at radius 1 is 1.47 bits per heavy atom. The van der Waals surface area contributed by atoms with Gasteiger partial charge in [0.25, 0.3) is 0 Å². The van der Waals surface area contributed by atoms with Crippen LogP contribution in [0.25, 0.3) is 0 Å². The maximum absolute atomic E-state index is 11.6. The number of allylic oxidation sites excluding steroid dienone is 1. The van der Waals surface area contributed by atoms with E-state index in [1.807, 2.05) is 51.1 Å². The van der Waals surface area contributed by atoms with Gasteiger partial charge in [0, 0.05) is 36.2 Å². The van der Waals surface area contributed by atoms with Crippen molar-refractivity contribution in [2.24, 2.45) is 15.5 Å². The van der Waals surface area contributed by atoms with E-state index in [9.17, 15) is 10.1 Å². The van der Waals surface area contributed by atoms with Gasteiger partial charge in [0.2, 0.25) is 5.91 Å². The number of aliphatic imine (C=N–C) groups is 1. The van der Waals surface area contributed by atoms with E-state index in [-0.39, 0.29) is 16.8 Å². The standard InChI is InChI=1S/C22H28N8OS/c1-5-15(3)27-29-28-18-11-19(30-13-22(4,12-23)14-30)26-21(25-18)32-17-9-7-16(8-10-17)24-20(31)6-2/h5,7-11,21,25,28-29H,1,6,13-14H2,2-4H3,(H,24,31)/b27-15-. The summed E-state index contributed by atoms with van der Waals surface area (Å²) in [6, 6.07) is 10.0. The van der Waals surface area contributed by atoms with Crippen molar-refractivity contribution in [3.05, 3.63) is 48.8 Å². The fraction of sp³-hybridized carbons (Fsp3) is 0.364. The molecule has 1 fully saturated rings. The van der Waals surface area contributed by atoms with Crippen LogP contribution in [0.3, 0.4) is 0 Å². The number of carbonyl (C=O) groups is 1. The van der Waals surface area contributed by atoms with Gasteiger partial charge in [0.1, 0.15) is 11.7 Å². The lowest BCUT2D eigenvalue weighted by atomic mass is 9.83. The summed E-state index contributed by atoms with van der Waals surface area (Å²) in [6.45, 7) is 10.6. The monoisotopic (exact) mass is 452 g/mol. The number of hydrazine groups is 1. The molecule has 0 aromatic heterocycles. The Balaban J connectivity index is 1.70. The molecule has 0 aliphatic carbocycles. The van der Waals surface area contributed by atoms with Crippen LogP contribution in [0.15, 0.2) is 63.8 Å². The van der Waals surface area contributed by atoms with E-state index in [1.165, 1.54) is 0 Å². The van der Waals surface area contributed by atoms with E-state index in [2.05, 4.69) is 44.2 Å². The second-order valence-corrected chi connectivity index (χ2v) is 8.96. The number of nitrogens with one attached hydrogen (secondary N) is 4. The molecule has 1 aromatic rings. The molecule has 1 unspecified atom stereocenters. The molecule has 10 heteroatoms. The molecule has 1 aromatic carbocycles. The first-order valence-electron chi connectivity index (χ1n) is 10.3. The Morgan fingerprint density at radius 2 is 2.19 bits per heavy atom. The molecule has 2 aliphatic rings. The zero-order chi connectivity index (χ0) is 23.1. The van der Waals surface area contributed by atoms with Crippen molar-refractivity contribution in [1.29, 1.82) is 5.26 Å².